The molecular weight excluding hydrogens is 274 g/mol. The molecule has 6 heteroatoms. The fourth-order valence-corrected chi connectivity index (χ4v) is 3.53. The average Bonchev–Trinajstić information content (AvgIpc) is 2.93. The van der Waals surface area contributed by atoms with Gasteiger partial charge in [0.2, 0.25) is 0 Å². The van der Waals surface area contributed by atoms with Gasteiger partial charge >= 0.3 is 6.03 Å². The van der Waals surface area contributed by atoms with Crippen LogP contribution in [0.5, 0.6) is 0 Å². The van der Waals surface area contributed by atoms with Crippen molar-refractivity contribution in [2.45, 2.75) is 45.8 Å². The van der Waals surface area contributed by atoms with Crippen molar-refractivity contribution in [3.63, 3.8) is 0 Å². The fraction of sp³-hybridized carbons (Fsp3) is 0.714. The van der Waals surface area contributed by atoms with Crippen LogP contribution in [0.4, 0.5) is 4.79 Å². The zero-order chi connectivity index (χ0) is 14.7. The van der Waals surface area contributed by atoms with Gasteiger partial charge in [0.05, 0.1) is 23.4 Å². The normalized spacial score (nSPS) is 22.0. The number of rotatable bonds is 4. The van der Waals surface area contributed by atoms with Crippen LogP contribution in [0.15, 0.2) is 0 Å². The van der Waals surface area contributed by atoms with Crippen LogP contribution >= 0.6 is 11.3 Å². The van der Waals surface area contributed by atoms with Crippen molar-refractivity contribution in [3.8, 4) is 0 Å². The molecule has 20 heavy (non-hydrogen) atoms. The van der Waals surface area contributed by atoms with E-state index in [-0.39, 0.29) is 18.1 Å². The number of hydrogen-bond donors (Lipinski definition) is 2. The molecule has 0 aromatic carbocycles. The molecule has 112 valence electrons. The van der Waals surface area contributed by atoms with Crippen molar-refractivity contribution in [2.24, 2.45) is 5.92 Å². The molecule has 0 aliphatic heterocycles. The van der Waals surface area contributed by atoms with E-state index in [1.165, 1.54) is 0 Å². The van der Waals surface area contributed by atoms with Crippen LogP contribution in [0.25, 0.3) is 0 Å². The lowest BCUT2D eigenvalue weighted by Crippen LogP contribution is -2.41. The van der Waals surface area contributed by atoms with Crippen molar-refractivity contribution in [3.05, 3.63) is 15.6 Å². The second-order valence-electron chi connectivity index (χ2n) is 5.53. The third-order valence-electron chi connectivity index (χ3n) is 3.88. The topological polar surface area (TPSA) is 65.5 Å². The Balaban J connectivity index is 1.80. The Kier molecular flexibility index (Phi) is 4.99. The van der Waals surface area contributed by atoms with Gasteiger partial charge in [-0.2, -0.15) is 0 Å². The van der Waals surface area contributed by atoms with Gasteiger partial charge in [-0.25, -0.2) is 9.78 Å². The van der Waals surface area contributed by atoms with E-state index < -0.39 is 0 Å². The van der Waals surface area contributed by atoms with Gasteiger partial charge in [-0.3, -0.25) is 0 Å². The number of aliphatic hydroxyl groups is 1. The number of amides is 2. The van der Waals surface area contributed by atoms with Gasteiger partial charge in [-0.15, -0.1) is 11.3 Å². The molecule has 1 aliphatic rings. The van der Waals surface area contributed by atoms with Crippen LogP contribution in [0.2, 0.25) is 0 Å². The number of aliphatic hydroxyl groups excluding tert-OH is 1. The second-order valence-corrected chi connectivity index (χ2v) is 6.94. The third-order valence-corrected chi connectivity index (χ3v) is 4.81. The number of nitrogens with zero attached hydrogens (tertiary/aromatic N) is 2. The first-order valence-corrected chi connectivity index (χ1v) is 7.89. The molecule has 1 saturated carbocycles. The number of nitrogens with one attached hydrogen (secondary N) is 1. The van der Waals surface area contributed by atoms with Gasteiger partial charge in [0.1, 0.15) is 0 Å². The number of hydrogen-bond acceptors (Lipinski definition) is 4. The van der Waals surface area contributed by atoms with Crippen LogP contribution in [0, 0.1) is 19.8 Å². The molecule has 5 nitrogen and oxygen atoms in total. The first-order valence-electron chi connectivity index (χ1n) is 7.07. The van der Waals surface area contributed by atoms with E-state index in [1.54, 1.807) is 23.3 Å². The van der Waals surface area contributed by atoms with E-state index in [9.17, 15) is 9.90 Å². The Morgan fingerprint density at radius 1 is 1.50 bits per heavy atom. The molecule has 2 rings (SSSR count). The summed E-state index contributed by atoms with van der Waals surface area (Å²) in [5.74, 6) is 0.217. The predicted octanol–water partition coefficient (Wildman–Crippen LogP) is 2.06. The summed E-state index contributed by atoms with van der Waals surface area (Å²) >= 11 is 1.65. The SMILES string of the molecule is Cc1nc(CNC(=O)N(C)CC2CCCC2O)c(C)s1. The molecule has 2 atom stereocenters. The minimum Gasteiger partial charge on any atom is -0.393 e. The van der Waals surface area contributed by atoms with Gasteiger partial charge in [-0.05, 0) is 26.7 Å². The highest BCUT2D eigenvalue weighted by molar-refractivity contribution is 7.11. The lowest BCUT2D eigenvalue weighted by atomic mass is 10.1. The summed E-state index contributed by atoms with van der Waals surface area (Å²) in [6.07, 6.45) is 2.66. The van der Waals surface area contributed by atoms with E-state index in [1.807, 2.05) is 13.8 Å². The van der Waals surface area contributed by atoms with Crippen LogP contribution < -0.4 is 5.32 Å². The zero-order valence-corrected chi connectivity index (χ0v) is 13.2. The number of carbonyl (C=O) groups is 1. The highest BCUT2D eigenvalue weighted by Gasteiger charge is 2.27. The first kappa shape index (κ1) is 15.3. The van der Waals surface area contributed by atoms with Gasteiger partial charge in [0.25, 0.3) is 0 Å². The molecule has 0 spiro atoms. The van der Waals surface area contributed by atoms with E-state index in [0.29, 0.717) is 13.1 Å². The summed E-state index contributed by atoms with van der Waals surface area (Å²) in [6, 6.07) is -0.103. The van der Waals surface area contributed by atoms with Crippen molar-refractivity contribution >= 4 is 17.4 Å². The Bertz CT molecular complexity index is 475. The maximum absolute atomic E-state index is 12.0. The molecule has 2 unspecified atom stereocenters. The molecule has 1 aliphatic carbocycles. The number of carbonyl (C=O) groups excluding carboxylic acids is 1. The Hall–Kier alpha value is -1.14. The van der Waals surface area contributed by atoms with Crippen molar-refractivity contribution in [2.75, 3.05) is 13.6 Å². The Morgan fingerprint density at radius 2 is 2.25 bits per heavy atom. The highest BCUT2D eigenvalue weighted by Crippen LogP contribution is 2.26. The third kappa shape index (κ3) is 3.70. The lowest BCUT2D eigenvalue weighted by Gasteiger charge is -2.23. The van der Waals surface area contributed by atoms with Gasteiger partial charge in [-0.1, -0.05) is 6.42 Å². The number of thiazole rings is 1. The average molecular weight is 297 g/mol. The number of aromatic nitrogens is 1. The molecular formula is C14H23N3O2S. The summed E-state index contributed by atoms with van der Waals surface area (Å²) in [4.78, 5) is 19.2. The van der Waals surface area contributed by atoms with Gasteiger partial charge in [0.15, 0.2) is 0 Å². The summed E-state index contributed by atoms with van der Waals surface area (Å²) in [5.41, 5.74) is 0.940. The molecule has 1 aromatic rings. The molecule has 1 heterocycles. The molecule has 1 aromatic heterocycles. The van der Waals surface area contributed by atoms with Crippen molar-refractivity contribution < 1.29 is 9.90 Å². The fourth-order valence-electron chi connectivity index (χ4n) is 2.70. The summed E-state index contributed by atoms with van der Waals surface area (Å²) in [7, 11) is 1.78. The van der Waals surface area contributed by atoms with E-state index in [2.05, 4.69) is 10.3 Å². The standard InChI is InChI=1S/C14H23N3O2S/c1-9-12(16-10(2)20-9)7-15-14(19)17(3)8-11-5-4-6-13(11)18/h11,13,18H,4-8H2,1-3H3,(H,15,19). The maximum Gasteiger partial charge on any atom is 0.317 e. The molecule has 1 fully saturated rings. The van der Waals surface area contributed by atoms with E-state index in [4.69, 9.17) is 0 Å². The number of aryl methyl sites for hydroxylation is 2. The van der Waals surface area contributed by atoms with Crippen molar-refractivity contribution in [1.29, 1.82) is 0 Å². The van der Waals surface area contributed by atoms with Crippen LogP contribution in [-0.2, 0) is 6.54 Å². The van der Waals surface area contributed by atoms with Crippen LogP contribution in [0.3, 0.4) is 0 Å². The van der Waals surface area contributed by atoms with E-state index >= 15 is 0 Å². The van der Waals surface area contributed by atoms with Gasteiger partial charge < -0.3 is 15.3 Å². The predicted molar refractivity (Wildman–Crippen MR) is 79.8 cm³/mol. The van der Waals surface area contributed by atoms with Crippen LogP contribution in [-0.4, -0.2) is 40.7 Å². The molecule has 0 bridgehead atoms. The maximum atomic E-state index is 12.0. The summed E-state index contributed by atoms with van der Waals surface area (Å²) in [5, 5.41) is 13.7. The quantitative estimate of drug-likeness (QED) is 0.894. The minimum atomic E-state index is -0.256. The smallest absolute Gasteiger partial charge is 0.317 e. The summed E-state index contributed by atoms with van der Waals surface area (Å²) < 4.78 is 0. The largest absolute Gasteiger partial charge is 0.393 e. The lowest BCUT2D eigenvalue weighted by molar-refractivity contribution is 0.114. The summed E-state index contributed by atoms with van der Waals surface area (Å²) in [6.45, 7) is 5.07. The molecule has 2 amide bonds. The second kappa shape index (κ2) is 6.54. The highest BCUT2D eigenvalue weighted by atomic mass is 32.1. The van der Waals surface area contributed by atoms with Crippen LogP contribution in [0.1, 0.15) is 34.8 Å². The van der Waals surface area contributed by atoms with Gasteiger partial charge in [0, 0.05) is 24.4 Å². The number of urea groups is 1. The Labute approximate surface area is 124 Å². The van der Waals surface area contributed by atoms with Crippen molar-refractivity contribution in [1.82, 2.24) is 15.2 Å². The zero-order valence-electron chi connectivity index (χ0n) is 12.3. The molecule has 2 N–H and O–H groups in total. The molecule has 0 saturated heterocycles. The monoisotopic (exact) mass is 297 g/mol. The molecule has 0 radical (unpaired) electrons. The Morgan fingerprint density at radius 3 is 2.80 bits per heavy atom. The minimum absolute atomic E-state index is 0.103. The van der Waals surface area contributed by atoms with E-state index in [0.717, 1.165) is 34.8 Å². The first-order chi connectivity index (χ1) is 9.47.